The summed E-state index contributed by atoms with van der Waals surface area (Å²) < 4.78 is 9.93. The first-order valence-corrected chi connectivity index (χ1v) is 5.54. The first-order chi connectivity index (χ1) is 7.38. The van der Waals surface area contributed by atoms with E-state index in [9.17, 15) is 9.59 Å². The fourth-order valence-corrected chi connectivity index (χ4v) is 1.11. The lowest BCUT2D eigenvalue weighted by Gasteiger charge is -2.26. The van der Waals surface area contributed by atoms with Crippen molar-refractivity contribution in [3.63, 3.8) is 0 Å². The highest BCUT2D eigenvalue weighted by molar-refractivity contribution is 5.82. The number of hydrogen-bond donors (Lipinski definition) is 0. The summed E-state index contributed by atoms with van der Waals surface area (Å²) in [5.41, 5.74) is -1.24. The van der Waals surface area contributed by atoms with E-state index in [0.29, 0.717) is 13.1 Å². The molecule has 1 amide bonds. The Morgan fingerprint density at radius 3 is 2.00 bits per heavy atom. The van der Waals surface area contributed by atoms with Crippen LogP contribution in [0.25, 0.3) is 0 Å². The zero-order valence-electron chi connectivity index (χ0n) is 10.7. The number of amides is 1. The fraction of sp³-hybridized carbons (Fsp3) is 0.818. The second-order valence-electron chi connectivity index (χ2n) is 3.77. The molecule has 0 saturated heterocycles. The molecular formula is C11H21NO4. The largest absolute Gasteiger partial charge is 0.463 e. The molecule has 0 aromatic rings. The Morgan fingerprint density at radius 2 is 1.62 bits per heavy atom. The lowest BCUT2D eigenvalue weighted by atomic mass is 10.1. The maximum absolute atomic E-state index is 11.6. The normalized spacial score (nSPS) is 10.8. The number of carbonyl (C=O) groups excluding carboxylic acids is 2. The third kappa shape index (κ3) is 4.08. The van der Waals surface area contributed by atoms with Gasteiger partial charge in [-0.15, -0.1) is 0 Å². The zero-order chi connectivity index (χ0) is 12.8. The van der Waals surface area contributed by atoms with E-state index in [0.717, 1.165) is 0 Å². The maximum atomic E-state index is 11.6. The number of carbonyl (C=O) groups is 2. The molecule has 16 heavy (non-hydrogen) atoms. The van der Waals surface area contributed by atoms with Crippen LogP contribution in [-0.4, -0.2) is 42.3 Å². The van der Waals surface area contributed by atoms with Gasteiger partial charge in [-0.05, 0) is 34.6 Å². The maximum Gasteiger partial charge on any atom is 0.410 e. The predicted molar refractivity (Wildman–Crippen MR) is 60.1 cm³/mol. The van der Waals surface area contributed by atoms with Crippen molar-refractivity contribution < 1.29 is 19.1 Å². The van der Waals surface area contributed by atoms with E-state index in [2.05, 4.69) is 0 Å². The number of nitrogens with zero attached hydrogens (tertiary/aromatic N) is 1. The molecule has 5 nitrogen and oxygen atoms in total. The van der Waals surface area contributed by atoms with Crippen molar-refractivity contribution in [1.82, 2.24) is 4.90 Å². The van der Waals surface area contributed by atoms with Gasteiger partial charge in [0.15, 0.2) is 0 Å². The molecule has 0 unspecified atom stereocenters. The number of esters is 1. The topological polar surface area (TPSA) is 55.8 Å². The van der Waals surface area contributed by atoms with Gasteiger partial charge in [-0.3, -0.25) is 0 Å². The fourth-order valence-electron chi connectivity index (χ4n) is 1.11. The van der Waals surface area contributed by atoms with Gasteiger partial charge in [0.1, 0.15) is 0 Å². The smallest absolute Gasteiger partial charge is 0.410 e. The Hall–Kier alpha value is -1.26. The molecule has 0 N–H and O–H groups in total. The highest BCUT2D eigenvalue weighted by Crippen LogP contribution is 2.13. The summed E-state index contributed by atoms with van der Waals surface area (Å²) in [6.45, 7) is 9.82. The third-order valence-corrected chi connectivity index (χ3v) is 2.13. The molecule has 5 heteroatoms. The Bertz CT molecular complexity index is 246. The highest BCUT2D eigenvalue weighted by atomic mass is 16.6. The molecule has 0 aromatic heterocycles. The SMILES string of the molecule is CCOC(=O)C(C)(C)OC(=O)N(CC)CC. The monoisotopic (exact) mass is 231 g/mol. The molecule has 0 aliphatic carbocycles. The van der Waals surface area contributed by atoms with Gasteiger partial charge < -0.3 is 14.4 Å². The van der Waals surface area contributed by atoms with Crippen molar-refractivity contribution in [2.45, 2.75) is 40.2 Å². The Kier molecular flexibility index (Phi) is 5.85. The van der Waals surface area contributed by atoms with Gasteiger partial charge in [0.2, 0.25) is 5.60 Å². The van der Waals surface area contributed by atoms with Gasteiger partial charge in [0.25, 0.3) is 0 Å². The summed E-state index contributed by atoms with van der Waals surface area (Å²) in [5.74, 6) is -0.532. The zero-order valence-corrected chi connectivity index (χ0v) is 10.7. The molecule has 0 fully saturated rings. The van der Waals surface area contributed by atoms with Crippen LogP contribution in [0.3, 0.4) is 0 Å². The van der Waals surface area contributed by atoms with E-state index in [1.54, 1.807) is 6.92 Å². The Labute approximate surface area is 96.7 Å². The summed E-state index contributed by atoms with van der Waals surface area (Å²) >= 11 is 0. The molecule has 0 rings (SSSR count). The minimum Gasteiger partial charge on any atom is -0.463 e. The van der Waals surface area contributed by atoms with Crippen LogP contribution in [0.5, 0.6) is 0 Å². The summed E-state index contributed by atoms with van der Waals surface area (Å²) in [6, 6.07) is 0. The van der Waals surface area contributed by atoms with Crippen LogP contribution in [0.4, 0.5) is 4.79 Å². The van der Waals surface area contributed by atoms with Gasteiger partial charge in [0, 0.05) is 13.1 Å². The summed E-state index contributed by atoms with van der Waals surface area (Å²) in [4.78, 5) is 24.6. The van der Waals surface area contributed by atoms with Gasteiger partial charge in [-0.25, -0.2) is 9.59 Å². The van der Waals surface area contributed by atoms with Crippen LogP contribution >= 0.6 is 0 Å². The molecule has 0 atom stereocenters. The average Bonchev–Trinajstić information content (AvgIpc) is 2.19. The van der Waals surface area contributed by atoms with Gasteiger partial charge >= 0.3 is 12.1 Å². The highest BCUT2D eigenvalue weighted by Gasteiger charge is 2.34. The summed E-state index contributed by atoms with van der Waals surface area (Å²) in [7, 11) is 0. The number of ether oxygens (including phenoxy) is 2. The summed E-state index contributed by atoms with van der Waals surface area (Å²) in [5, 5.41) is 0. The third-order valence-electron chi connectivity index (χ3n) is 2.13. The average molecular weight is 231 g/mol. The minimum atomic E-state index is -1.24. The molecule has 0 aromatic carbocycles. The van der Waals surface area contributed by atoms with Crippen molar-refractivity contribution in [3.8, 4) is 0 Å². The van der Waals surface area contributed by atoms with Crippen molar-refractivity contribution in [2.24, 2.45) is 0 Å². The van der Waals surface area contributed by atoms with Crippen molar-refractivity contribution in [3.05, 3.63) is 0 Å². The number of rotatable bonds is 5. The van der Waals surface area contributed by atoms with Crippen molar-refractivity contribution >= 4 is 12.1 Å². The van der Waals surface area contributed by atoms with E-state index < -0.39 is 17.7 Å². The molecule has 0 radical (unpaired) electrons. The molecule has 94 valence electrons. The van der Waals surface area contributed by atoms with Crippen LogP contribution < -0.4 is 0 Å². The van der Waals surface area contributed by atoms with E-state index in [4.69, 9.17) is 9.47 Å². The van der Waals surface area contributed by atoms with Crippen LogP contribution in [-0.2, 0) is 14.3 Å². The standard InChI is InChI=1S/C11H21NO4/c1-6-12(7-2)10(14)16-11(4,5)9(13)15-8-3/h6-8H2,1-5H3. The minimum absolute atomic E-state index is 0.269. The first kappa shape index (κ1) is 14.7. The lowest BCUT2D eigenvalue weighted by Crippen LogP contribution is -2.43. The second kappa shape index (κ2) is 6.35. The van der Waals surface area contributed by atoms with E-state index in [-0.39, 0.29) is 6.61 Å². The van der Waals surface area contributed by atoms with Crippen molar-refractivity contribution in [2.75, 3.05) is 19.7 Å². The van der Waals surface area contributed by atoms with Crippen LogP contribution in [0, 0.1) is 0 Å². The first-order valence-electron chi connectivity index (χ1n) is 5.54. The molecule has 0 spiro atoms. The molecule has 0 aliphatic rings. The Balaban J connectivity index is 4.45. The predicted octanol–water partition coefficient (Wildman–Crippen LogP) is 1.81. The summed E-state index contributed by atoms with van der Waals surface area (Å²) in [6.07, 6.45) is -0.497. The van der Waals surface area contributed by atoms with Gasteiger partial charge in [-0.2, -0.15) is 0 Å². The van der Waals surface area contributed by atoms with Crippen LogP contribution in [0.1, 0.15) is 34.6 Å². The molecule has 0 bridgehead atoms. The number of hydrogen-bond acceptors (Lipinski definition) is 4. The van der Waals surface area contributed by atoms with Crippen LogP contribution in [0.2, 0.25) is 0 Å². The van der Waals surface area contributed by atoms with Crippen molar-refractivity contribution in [1.29, 1.82) is 0 Å². The van der Waals surface area contributed by atoms with Gasteiger partial charge in [0.05, 0.1) is 6.61 Å². The lowest BCUT2D eigenvalue weighted by molar-refractivity contribution is -0.162. The van der Waals surface area contributed by atoms with Crippen LogP contribution in [0.15, 0.2) is 0 Å². The molecule has 0 aliphatic heterocycles. The second-order valence-corrected chi connectivity index (χ2v) is 3.77. The molecule has 0 heterocycles. The quantitative estimate of drug-likeness (QED) is 0.677. The Morgan fingerprint density at radius 1 is 1.12 bits per heavy atom. The van der Waals surface area contributed by atoms with E-state index in [1.165, 1.54) is 18.7 Å². The van der Waals surface area contributed by atoms with E-state index >= 15 is 0 Å². The molecular weight excluding hydrogens is 210 g/mol. The molecule has 0 saturated carbocycles. The van der Waals surface area contributed by atoms with E-state index in [1.807, 2.05) is 13.8 Å². The van der Waals surface area contributed by atoms with Gasteiger partial charge in [-0.1, -0.05) is 0 Å².